The fraction of sp³-hybridized carbons (Fsp3) is 0.588. The van der Waals surface area contributed by atoms with Crippen LogP contribution in [0.5, 0.6) is 5.75 Å². The van der Waals surface area contributed by atoms with Gasteiger partial charge in [-0.1, -0.05) is 0 Å². The SMILES string of the molecule is CCN(CC)C(=O)CN1CCN(S(=O)(=O)c2ccc(OC)cc2)CC1. The van der Waals surface area contributed by atoms with Crippen molar-refractivity contribution in [1.29, 1.82) is 0 Å². The van der Waals surface area contributed by atoms with Crippen molar-refractivity contribution in [2.75, 3.05) is 52.9 Å². The molecule has 0 bridgehead atoms. The number of hydrogen-bond donors (Lipinski definition) is 0. The Balaban J connectivity index is 1.95. The van der Waals surface area contributed by atoms with E-state index < -0.39 is 10.0 Å². The lowest BCUT2D eigenvalue weighted by atomic mass is 10.3. The van der Waals surface area contributed by atoms with E-state index in [1.54, 1.807) is 36.3 Å². The molecule has 0 aliphatic carbocycles. The first kappa shape index (κ1) is 19.7. The zero-order chi connectivity index (χ0) is 18.4. The van der Waals surface area contributed by atoms with Crippen molar-refractivity contribution < 1.29 is 17.9 Å². The van der Waals surface area contributed by atoms with Crippen LogP contribution in [0.1, 0.15) is 13.8 Å². The number of nitrogens with zero attached hydrogens (tertiary/aromatic N) is 3. The molecule has 1 amide bonds. The Bertz CT molecular complexity index is 664. The van der Waals surface area contributed by atoms with Gasteiger partial charge < -0.3 is 9.64 Å². The van der Waals surface area contributed by atoms with Gasteiger partial charge in [-0.05, 0) is 38.1 Å². The molecule has 1 saturated heterocycles. The van der Waals surface area contributed by atoms with Gasteiger partial charge in [0.25, 0.3) is 0 Å². The quantitative estimate of drug-likeness (QED) is 0.713. The number of carbonyl (C=O) groups excluding carboxylic acids is 1. The third-order valence-electron chi connectivity index (χ3n) is 4.50. The minimum absolute atomic E-state index is 0.0939. The molecule has 1 heterocycles. The standard InChI is InChI=1S/C17H27N3O4S/c1-4-19(5-2)17(21)14-18-10-12-20(13-11-18)25(22,23)16-8-6-15(24-3)7-9-16/h6-9H,4-5,10-14H2,1-3H3. The van der Waals surface area contributed by atoms with Crippen LogP contribution in [0.25, 0.3) is 0 Å². The normalized spacial score (nSPS) is 16.6. The zero-order valence-corrected chi connectivity index (χ0v) is 16.0. The Morgan fingerprint density at radius 2 is 1.64 bits per heavy atom. The summed E-state index contributed by atoms with van der Waals surface area (Å²) in [6.07, 6.45) is 0. The summed E-state index contributed by atoms with van der Waals surface area (Å²) in [7, 11) is -1.96. The summed E-state index contributed by atoms with van der Waals surface area (Å²) < 4.78 is 32.0. The Hall–Kier alpha value is -1.64. The second-order valence-electron chi connectivity index (χ2n) is 5.92. The minimum Gasteiger partial charge on any atom is -0.497 e. The molecule has 1 aliphatic rings. The highest BCUT2D eigenvalue weighted by atomic mass is 32.2. The third-order valence-corrected chi connectivity index (χ3v) is 6.42. The molecule has 8 heteroatoms. The first-order valence-corrected chi connectivity index (χ1v) is 10.0. The fourth-order valence-electron chi connectivity index (χ4n) is 2.89. The summed E-state index contributed by atoms with van der Waals surface area (Å²) in [6, 6.07) is 6.41. The lowest BCUT2D eigenvalue weighted by Crippen LogP contribution is -2.51. The van der Waals surface area contributed by atoms with Crippen LogP contribution >= 0.6 is 0 Å². The Labute approximate surface area is 150 Å². The summed E-state index contributed by atoms with van der Waals surface area (Å²) in [6.45, 7) is 7.55. The first-order valence-electron chi connectivity index (χ1n) is 8.56. The minimum atomic E-state index is -3.51. The van der Waals surface area contributed by atoms with Crippen molar-refractivity contribution in [3.63, 3.8) is 0 Å². The second kappa shape index (κ2) is 8.64. The van der Waals surface area contributed by atoms with Gasteiger partial charge in [0.15, 0.2) is 0 Å². The Morgan fingerprint density at radius 3 is 2.12 bits per heavy atom. The molecule has 0 N–H and O–H groups in total. The summed E-state index contributed by atoms with van der Waals surface area (Å²) in [5.41, 5.74) is 0. The van der Waals surface area contributed by atoms with Crippen LogP contribution in [0.2, 0.25) is 0 Å². The Morgan fingerprint density at radius 1 is 1.08 bits per heavy atom. The van der Waals surface area contributed by atoms with E-state index in [-0.39, 0.29) is 10.8 Å². The molecule has 25 heavy (non-hydrogen) atoms. The highest BCUT2D eigenvalue weighted by Crippen LogP contribution is 2.20. The van der Waals surface area contributed by atoms with Gasteiger partial charge in [0, 0.05) is 39.3 Å². The van der Waals surface area contributed by atoms with E-state index in [0.29, 0.717) is 51.6 Å². The number of benzene rings is 1. The average molecular weight is 369 g/mol. The van der Waals surface area contributed by atoms with Gasteiger partial charge in [-0.25, -0.2) is 8.42 Å². The van der Waals surface area contributed by atoms with Crippen LogP contribution < -0.4 is 4.74 Å². The van der Waals surface area contributed by atoms with E-state index in [1.807, 2.05) is 18.7 Å². The lowest BCUT2D eigenvalue weighted by Gasteiger charge is -2.34. The van der Waals surface area contributed by atoms with E-state index in [1.165, 1.54) is 4.31 Å². The van der Waals surface area contributed by atoms with Crippen LogP contribution in [0, 0.1) is 0 Å². The molecule has 1 aromatic carbocycles. The molecule has 0 aromatic heterocycles. The molecule has 0 saturated carbocycles. The van der Waals surface area contributed by atoms with E-state index in [9.17, 15) is 13.2 Å². The predicted octanol–water partition coefficient (Wildman–Crippen LogP) is 0.870. The zero-order valence-electron chi connectivity index (χ0n) is 15.1. The van der Waals surface area contributed by atoms with Gasteiger partial charge in [-0.2, -0.15) is 4.31 Å². The van der Waals surface area contributed by atoms with Crippen molar-refractivity contribution in [3.05, 3.63) is 24.3 Å². The van der Waals surface area contributed by atoms with Gasteiger partial charge in [-0.15, -0.1) is 0 Å². The molecule has 0 atom stereocenters. The van der Waals surface area contributed by atoms with E-state index in [0.717, 1.165) is 0 Å². The number of amides is 1. The maximum Gasteiger partial charge on any atom is 0.243 e. The molecule has 1 aliphatic heterocycles. The summed E-state index contributed by atoms with van der Waals surface area (Å²) in [5, 5.41) is 0. The molecule has 0 radical (unpaired) electrons. The number of carbonyl (C=O) groups is 1. The number of hydrogen-bond acceptors (Lipinski definition) is 5. The van der Waals surface area contributed by atoms with Gasteiger partial charge in [-0.3, -0.25) is 9.69 Å². The molecule has 7 nitrogen and oxygen atoms in total. The van der Waals surface area contributed by atoms with E-state index in [2.05, 4.69) is 0 Å². The van der Waals surface area contributed by atoms with Crippen molar-refractivity contribution in [2.24, 2.45) is 0 Å². The van der Waals surface area contributed by atoms with Crippen LogP contribution in [0.3, 0.4) is 0 Å². The summed E-state index contributed by atoms with van der Waals surface area (Å²) >= 11 is 0. The van der Waals surface area contributed by atoms with Crippen LogP contribution in [0.15, 0.2) is 29.2 Å². The topological polar surface area (TPSA) is 70.2 Å². The predicted molar refractivity (Wildman–Crippen MR) is 96.1 cm³/mol. The highest BCUT2D eigenvalue weighted by molar-refractivity contribution is 7.89. The fourth-order valence-corrected chi connectivity index (χ4v) is 4.31. The number of likely N-dealkylation sites (N-methyl/N-ethyl adjacent to an activating group) is 1. The van der Waals surface area contributed by atoms with Crippen molar-refractivity contribution in [2.45, 2.75) is 18.7 Å². The van der Waals surface area contributed by atoms with Gasteiger partial charge in [0.2, 0.25) is 15.9 Å². The first-order chi connectivity index (χ1) is 11.9. The maximum absolute atomic E-state index is 12.7. The van der Waals surface area contributed by atoms with E-state index >= 15 is 0 Å². The average Bonchev–Trinajstić information content (AvgIpc) is 2.63. The monoisotopic (exact) mass is 369 g/mol. The number of rotatable bonds is 7. The molecule has 0 spiro atoms. The smallest absolute Gasteiger partial charge is 0.243 e. The molecule has 2 rings (SSSR count). The van der Waals surface area contributed by atoms with Crippen molar-refractivity contribution in [1.82, 2.24) is 14.1 Å². The number of piperazine rings is 1. The summed E-state index contributed by atoms with van der Waals surface area (Å²) in [4.78, 5) is 16.2. The second-order valence-corrected chi connectivity index (χ2v) is 7.86. The number of ether oxygens (including phenoxy) is 1. The van der Waals surface area contributed by atoms with Crippen LogP contribution in [-0.2, 0) is 14.8 Å². The number of sulfonamides is 1. The number of methoxy groups -OCH3 is 1. The van der Waals surface area contributed by atoms with Crippen molar-refractivity contribution >= 4 is 15.9 Å². The van der Waals surface area contributed by atoms with Gasteiger partial charge in [0.1, 0.15) is 5.75 Å². The van der Waals surface area contributed by atoms with Crippen LogP contribution in [0.4, 0.5) is 0 Å². The molecule has 1 fully saturated rings. The highest BCUT2D eigenvalue weighted by Gasteiger charge is 2.29. The van der Waals surface area contributed by atoms with Crippen LogP contribution in [-0.4, -0.2) is 81.4 Å². The molecule has 140 valence electrons. The van der Waals surface area contributed by atoms with Gasteiger partial charge in [0.05, 0.1) is 18.6 Å². The summed E-state index contributed by atoms with van der Waals surface area (Å²) in [5.74, 6) is 0.718. The molecule has 1 aromatic rings. The third kappa shape index (κ3) is 4.71. The lowest BCUT2D eigenvalue weighted by molar-refractivity contribution is -0.132. The maximum atomic E-state index is 12.7. The molecule has 0 unspecified atom stereocenters. The molecular formula is C17H27N3O4S. The van der Waals surface area contributed by atoms with E-state index in [4.69, 9.17) is 4.74 Å². The van der Waals surface area contributed by atoms with Crippen molar-refractivity contribution in [3.8, 4) is 5.75 Å². The molecular weight excluding hydrogens is 342 g/mol. The Kier molecular flexibility index (Phi) is 6.80. The van der Waals surface area contributed by atoms with Gasteiger partial charge >= 0.3 is 0 Å². The largest absolute Gasteiger partial charge is 0.497 e.